The standard InChI is InChI=1S/C30H45N7O2S/c1-11-19(3)37(21(5)31)20(4)24(32)17-36(33)27-14-22(13-12-18(27)2)29(38)34-25-15-23(30(6,7)8)16-26(35-40-10)28(25)39-9/h12-17,19,31,35H,4,11,32-33H2,1-3,5-10H3,(H,34,38)/b24-17-,31-21?. The van der Waals surface area contributed by atoms with Crippen LogP contribution in [0.25, 0.3) is 0 Å². The van der Waals surface area contributed by atoms with E-state index in [1.807, 2.05) is 45.2 Å². The number of hydrogen-bond acceptors (Lipinski definition) is 8. The van der Waals surface area contributed by atoms with E-state index in [9.17, 15) is 4.79 Å². The van der Waals surface area contributed by atoms with Crippen LogP contribution in [0.3, 0.4) is 0 Å². The molecule has 2 aromatic rings. The van der Waals surface area contributed by atoms with Crippen LogP contribution in [0.1, 0.15) is 69.4 Å². The van der Waals surface area contributed by atoms with Crippen LogP contribution in [0.5, 0.6) is 5.75 Å². The zero-order valence-corrected chi connectivity index (χ0v) is 26.0. The summed E-state index contributed by atoms with van der Waals surface area (Å²) in [6, 6.07) is 9.33. The molecule has 1 unspecified atom stereocenters. The summed E-state index contributed by atoms with van der Waals surface area (Å²) in [6.45, 7) is 18.1. The van der Waals surface area contributed by atoms with Gasteiger partial charge in [-0.25, -0.2) is 5.84 Å². The summed E-state index contributed by atoms with van der Waals surface area (Å²) in [6.07, 6.45) is 4.31. The SMILES string of the molecule is C=C(/C(N)=C/N(N)c1cc(C(=O)Nc2cc(C(C)(C)C)cc(NSC)c2OC)ccc1C)N(C(C)=N)C(C)CC. The Morgan fingerprint density at radius 1 is 1.25 bits per heavy atom. The second-order valence-corrected chi connectivity index (χ2v) is 11.4. The number of amides is 1. The van der Waals surface area contributed by atoms with Crippen molar-refractivity contribution in [3.8, 4) is 5.75 Å². The van der Waals surface area contributed by atoms with Crippen LogP contribution in [0, 0.1) is 12.3 Å². The van der Waals surface area contributed by atoms with Gasteiger partial charge in [-0.2, -0.15) is 0 Å². The minimum atomic E-state index is -0.308. The normalized spacial score (nSPS) is 12.4. The second-order valence-electron chi connectivity index (χ2n) is 10.8. The lowest BCUT2D eigenvalue weighted by Gasteiger charge is -2.31. The van der Waals surface area contributed by atoms with E-state index in [1.165, 1.54) is 17.0 Å². The maximum atomic E-state index is 13.5. The first-order valence-electron chi connectivity index (χ1n) is 13.1. The van der Waals surface area contributed by atoms with Gasteiger partial charge in [-0.3, -0.25) is 15.2 Å². The number of ether oxygens (including phenoxy) is 1. The molecule has 0 radical (unpaired) electrons. The summed E-state index contributed by atoms with van der Waals surface area (Å²) in [4.78, 5) is 15.2. The summed E-state index contributed by atoms with van der Waals surface area (Å²) in [5.74, 6) is 6.99. The molecule has 0 bridgehead atoms. The highest BCUT2D eigenvalue weighted by atomic mass is 32.2. The Kier molecular flexibility index (Phi) is 11.1. The summed E-state index contributed by atoms with van der Waals surface area (Å²) in [5.41, 5.74) is 11.3. The molecule has 1 atom stereocenters. The lowest BCUT2D eigenvalue weighted by molar-refractivity contribution is 0.102. The van der Waals surface area contributed by atoms with Gasteiger partial charge >= 0.3 is 0 Å². The van der Waals surface area contributed by atoms with Crippen molar-refractivity contribution < 1.29 is 9.53 Å². The number of nitrogens with one attached hydrogen (secondary N) is 3. The number of nitrogens with two attached hydrogens (primary N) is 2. The smallest absolute Gasteiger partial charge is 0.255 e. The molecular formula is C30H45N7O2S. The predicted molar refractivity (Wildman–Crippen MR) is 171 cm³/mol. The van der Waals surface area contributed by atoms with Gasteiger partial charge in [-0.15, -0.1) is 0 Å². The molecule has 2 aromatic carbocycles. The zero-order chi connectivity index (χ0) is 30.4. The minimum absolute atomic E-state index is 0.0531. The van der Waals surface area contributed by atoms with Gasteiger partial charge < -0.3 is 25.4 Å². The first-order valence-corrected chi connectivity index (χ1v) is 14.4. The average molecular weight is 568 g/mol. The minimum Gasteiger partial charge on any atom is -0.492 e. The Morgan fingerprint density at radius 3 is 2.40 bits per heavy atom. The van der Waals surface area contributed by atoms with Crippen molar-refractivity contribution in [1.29, 1.82) is 5.41 Å². The number of nitrogens with zero attached hydrogens (tertiary/aromatic N) is 2. The van der Waals surface area contributed by atoms with E-state index >= 15 is 0 Å². The van der Waals surface area contributed by atoms with E-state index in [4.69, 9.17) is 21.7 Å². The average Bonchev–Trinajstić information content (AvgIpc) is 2.87. The van der Waals surface area contributed by atoms with Crippen molar-refractivity contribution in [3.63, 3.8) is 0 Å². The highest BCUT2D eigenvalue weighted by Crippen LogP contribution is 2.39. The predicted octanol–water partition coefficient (Wildman–Crippen LogP) is 6.33. The number of hydrogen-bond donors (Lipinski definition) is 5. The fourth-order valence-corrected chi connectivity index (χ4v) is 4.57. The molecule has 1 amide bonds. The molecule has 7 N–H and O–H groups in total. The van der Waals surface area contributed by atoms with Crippen molar-refractivity contribution in [2.45, 2.75) is 66.3 Å². The van der Waals surface area contributed by atoms with Crippen molar-refractivity contribution in [1.82, 2.24) is 4.90 Å². The molecule has 40 heavy (non-hydrogen) atoms. The number of hydrazine groups is 1. The number of anilines is 3. The van der Waals surface area contributed by atoms with E-state index in [2.05, 4.69) is 37.4 Å². The quantitative estimate of drug-likeness (QED) is 0.0531. The maximum absolute atomic E-state index is 13.5. The third-order valence-electron chi connectivity index (χ3n) is 6.66. The second kappa shape index (κ2) is 13.6. The molecule has 0 aliphatic rings. The number of rotatable bonds is 11. The Balaban J connectivity index is 2.44. The molecule has 9 nitrogen and oxygen atoms in total. The molecule has 10 heteroatoms. The molecule has 0 spiro atoms. The summed E-state index contributed by atoms with van der Waals surface area (Å²) in [5, 5.41) is 12.5. The Hall–Kier alpha value is -3.63. The van der Waals surface area contributed by atoms with Crippen LogP contribution in [0.15, 0.2) is 54.5 Å². The van der Waals surface area contributed by atoms with Crippen molar-refractivity contribution >= 4 is 40.8 Å². The molecule has 0 aliphatic heterocycles. The molecule has 0 saturated carbocycles. The Labute approximate surface area is 243 Å². The first-order chi connectivity index (χ1) is 18.7. The van der Waals surface area contributed by atoms with Crippen LogP contribution < -0.4 is 31.4 Å². The summed E-state index contributed by atoms with van der Waals surface area (Å²) in [7, 11) is 1.58. The van der Waals surface area contributed by atoms with E-state index in [-0.39, 0.29) is 17.4 Å². The zero-order valence-electron chi connectivity index (χ0n) is 25.2. The lowest BCUT2D eigenvalue weighted by Crippen LogP contribution is -2.38. The van der Waals surface area contributed by atoms with Crippen LogP contribution >= 0.6 is 11.9 Å². The van der Waals surface area contributed by atoms with Gasteiger partial charge in [0.2, 0.25) is 0 Å². The van der Waals surface area contributed by atoms with E-state index in [1.54, 1.807) is 37.3 Å². The van der Waals surface area contributed by atoms with E-state index in [0.29, 0.717) is 39.9 Å². The van der Waals surface area contributed by atoms with Gasteiger partial charge in [0.15, 0.2) is 5.75 Å². The third kappa shape index (κ3) is 7.73. The molecule has 0 heterocycles. The third-order valence-corrected chi connectivity index (χ3v) is 7.09. The van der Waals surface area contributed by atoms with Crippen LogP contribution in [-0.2, 0) is 5.41 Å². The number of amidine groups is 1. The molecular weight excluding hydrogens is 522 g/mol. The van der Waals surface area contributed by atoms with Gasteiger partial charge in [0.05, 0.1) is 41.4 Å². The van der Waals surface area contributed by atoms with E-state index in [0.717, 1.165) is 23.2 Å². The number of benzene rings is 2. The number of carbonyl (C=O) groups excluding carboxylic acids is 1. The monoisotopic (exact) mass is 567 g/mol. The molecule has 0 aromatic heterocycles. The van der Waals surface area contributed by atoms with Crippen molar-refractivity contribution in [2.75, 3.05) is 28.4 Å². The maximum Gasteiger partial charge on any atom is 0.255 e. The van der Waals surface area contributed by atoms with E-state index < -0.39 is 0 Å². The van der Waals surface area contributed by atoms with Gasteiger partial charge in [0.25, 0.3) is 5.91 Å². The van der Waals surface area contributed by atoms with Gasteiger partial charge in [0.1, 0.15) is 0 Å². The highest BCUT2D eigenvalue weighted by molar-refractivity contribution is 7.99. The number of carbonyl (C=O) groups is 1. The lowest BCUT2D eigenvalue weighted by atomic mass is 9.86. The summed E-state index contributed by atoms with van der Waals surface area (Å²) >= 11 is 1.45. The topological polar surface area (TPSA) is 133 Å². The Bertz CT molecular complexity index is 1280. The fourth-order valence-electron chi connectivity index (χ4n) is 4.20. The van der Waals surface area contributed by atoms with Gasteiger partial charge in [-0.1, -0.05) is 52.3 Å². The Morgan fingerprint density at radius 2 is 1.88 bits per heavy atom. The molecule has 0 saturated heterocycles. The molecule has 0 aliphatic carbocycles. The molecule has 2 rings (SSSR count). The van der Waals surface area contributed by atoms with Crippen LogP contribution in [-0.4, -0.2) is 36.1 Å². The summed E-state index contributed by atoms with van der Waals surface area (Å²) < 4.78 is 8.93. The van der Waals surface area contributed by atoms with Crippen molar-refractivity contribution in [2.24, 2.45) is 11.6 Å². The largest absolute Gasteiger partial charge is 0.492 e. The van der Waals surface area contributed by atoms with Gasteiger partial charge in [0, 0.05) is 24.1 Å². The highest BCUT2D eigenvalue weighted by Gasteiger charge is 2.22. The fraction of sp³-hybridized carbons (Fsp3) is 0.400. The number of methoxy groups -OCH3 is 1. The molecule has 0 fully saturated rings. The van der Waals surface area contributed by atoms with Crippen LogP contribution in [0.4, 0.5) is 17.1 Å². The van der Waals surface area contributed by atoms with Gasteiger partial charge in [-0.05, 0) is 68.0 Å². The number of aryl methyl sites for hydroxylation is 1. The molecule has 218 valence electrons. The first kappa shape index (κ1) is 32.6. The van der Waals surface area contributed by atoms with Crippen molar-refractivity contribution in [3.05, 3.63) is 71.2 Å². The van der Waals surface area contributed by atoms with Crippen LogP contribution in [0.2, 0.25) is 0 Å².